The molecule has 100 valence electrons. The lowest BCUT2D eigenvalue weighted by molar-refractivity contribution is -0.0827. The highest BCUT2D eigenvalue weighted by molar-refractivity contribution is 6.36. The Bertz CT molecular complexity index is 202. The number of isocyanates is 1. The van der Waals surface area contributed by atoms with E-state index >= 15 is 0 Å². The summed E-state index contributed by atoms with van der Waals surface area (Å²) in [4.78, 5) is 13.4. The van der Waals surface area contributed by atoms with E-state index in [9.17, 15) is 4.79 Å². The molecule has 0 saturated heterocycles. The zero-order valence-corrected chi connectivity index (χ0v) is 12.5. The quantitative estimate of drug-likeness (QED) is 0.177. The number of nitrogens with zero attached hydrogens (tertiary/aromatic N) is 1. The van der Waals surface area contributed by atoms with Gasteiger partial charge in [0, 0.05) is 13.2 Å². The van der Waals surface area contributed by atoms with Gasteiger partial charge in [-0.3, -0.25) is 0 Å². The largest absolute Gasteiger partial charge is 0.357 e. The fraction of sp³-hybridized carbons (Fsp3) is 0.917. The van der Waals surface area contributed by atoms with Crippen LogP contribution >= 0.6 is 0 Å². The Morgan fingerprint density at radius 3 is 2.35 bits per heavy atom. The molecule has 0 heterocycles. The Kier molecular flexibility index (Phi) is 13.2. The van der Waals surface area contributed by atoms with Gasteiger partial charge in [-0.15, -0.1) is 0 Å². The molecule has 0 aromatic rings. The van der Waals surface area contributed by atoms with Crippen molar-refractivity contribution in [2.45, 2.75) is 51.5 Å². The molecule has 0 aliphatic carbocycles. The summed E-state index contributed by atoms with van der Waals surface area (Å²) < 4.78 is 11.0. The number of hydrogen-bond acceptors (Lipinski definition) is 4. The second-order valence-electron chi connectivity index (χ2n) is 3.87. The minimum absolute atomic E-state index is 0.102. The van der Waals surface area contributed by atoms with Crippen LogP contribution in [0.5, 0.6) is 0 Å². The first-order chi connectivity index (χ1) is 8.35. The third kappa shape index (κ3) is 11.8. The van der Waals surface area contributed by atoms with Crippen LogP contribution in [-0.2, 0) is 14.3 Å². The van der Waals surface area contributed by atoms with Gasteiger partial charge in [-0.2, -0.15) is 0 Å². The van der Waals surface area contributed by atoms with Crippen LogP contribution in [0.15, 0.2) is 4.99 Å². The predicted octanol–water partition coefficient (Wildman–Crippen LogP) is 1.83. The zero-order valence-electron chi connectivity index (χ0n) is 11.1. The fourth-order valence-corrected chi connectivity index (χ4v) is 3.44. The van der Waals surface area contributed by atoms with Gasteiger partial charge in [0.25, 0.3) is 0 Å². The molecule has 17 heavy (non-hydrogen) atoms. The number of unbranched alkanes of at least 4 members (excludes halogenated alkanes) is 3. The van der Waals surface area contributed by atoms with E-state index in [1.807, 2.05) is 13.8 Å². The molecule has 0 spiro atoms. The summed E-state index contributed by atoms with van der Waals surface area (Å²) >= 11 is 0. The standard InChI is InChI=1S/C12H25NO3Si/c1-3-15-12(16-4-2)17-10-8-6-5-7-9-13-11-14/h12H,3-10,17H2,1-2H3. The highest BCUT2D eigenvalue weighted by Crippen LogP contribution is 2.05. The van der Waals surface area contributed by atoms with Gasteiger partial charge in [0.15, 0.2) is 0 Å². The molecule has 0 aliphatic rings. The SMILES string of the molecule is CCOC(OCC)[SiH2]CCCCCCN=C=O. The average molecular weight is 259 g/mol. The van der Waals surface area contributed by atoms with Crippen molar-refractivity contribution in [2.24, 2.45) is 4.99 Å². The maximum atomic E-state index is 9.82. The minimum atomic E-state index is -0.271. The van der Waals surface area contributed by atoms with E-state index in [2.05, 4.69) is 4.99 Å². The lowest BCUT2D eigenvalue weighted by Crippen LogP contribution is -2.24. The number of rotatable bonds is 12. The molecule has 0 N–H and O–H groups in total. The fourth-order valence-electron chi connectivity index (χ4n) is 1.66. The second kappa shape index (κ2) is 13.6. The molecule has 0 fully saturated rings. The van der Waals surface area contributed by atoms with E-state index in [1.165, 1.54) is 18.9 Å². The third-order valence-corrected chi connectivity index (χ3v) is 4.33. The van der Waals surface area contributed by atoms with E-state index < -0.39 is 0 Å². The molecule has 0 bridgehead atoms. The zero-order chi connectivity index (χ0) is 12.8. The van der Waals surface area contributed by atoms with Crippen LogP contribution < -0.4 is 0 Å². The lowest BCUT2D eigenvalue weighted by Gasteiger charge is -2.16. The van der Waals surface area contributed by atoms with Gasteiger partial charge in [-0.25, -0.2) is 9.79 Å². The number of ether oxygens (including phenoxy) is 2. The first kappa shape index (κ1) is 16.5. The van der Waals surface area contributed by atoms with E-state index in [0.717, 1.165) is 26.1 Å². The summed E-state index contributed by atoms with van der Waals surface area (Å²) in [6, 6.07) is 1.27. The molecule has 0 aliphatic heterocycles. The molecule has 0 amide bonds. The maximum Gasteiger partial charge on any atom is 0.234 e. The molecule has 0 aromatic heterocycles. The van der Waals surface area contributed by atoms with Crippen molar-refractivity contribution in [3.05, 3.63) is 0 Å². The van der Waals surface area contributed by atoms with Gasteiger partial charge in [-0.05, 0) is 20.3 Å². The van der Waals surface area contributed by atoms with Crippen LogP contribution in [0.2, 0.25) is 6.04 Å². The van der Waals surface area contributed by atoms with E-state index in [1.54, 1.807) is 6.08 Å². The van der Waals surface area contributed by atoms with Gasteiger partial charge in [0.2, 0.25) is 6.08 Å². The topological polar surface area (TPSA) is 47.9 Å². The second-order valence-corrected chi connectivity index (χ2v) is 5.82. The summed E-state index contributed by atoms with van der Waals surface area (Å²) in [6.07, 6.45) is 6.16. The van der Waals surface area contributed by atoms with Crippen molar-refractivity contribution in [2.75, 3.05) is 19.8 Å². The highest BCUT2D eigenvalue weighted by Gasteiger charge is 2.07. The summed E-state index contributed by atoms with van der Waals surface area (Å²) in [5, 5.41) is 0. The Morgan fingerprint density at radius 1 is 1.12 bits per heavy atom. The van der Waals surface area contributed by atoms with E-state index in [0.29, 0.717) is 6.54 Å². The first-order valence-corrected chi connectivity index (χ1v) is 8.43. The summed E-state index contributed by atoms with van der Waals surface area (Å²) in [5.74, 6) is 0.102. The Balaban J connectivity index is 3.31. The van der Waals surface area contributed by atoms with E-state index in [4.69, 9.17) is 9.47 Å². The molecule has 0 aromatic carbocycles. The maximum absolute atomic E-state index is 9.82. The van der Waals surface area contributed by atoms with Crippen molar-refractivity contribution < 1.29 is 14.3 Å². The molecule has 4 nitrogen and oxygen atoms in total. The summed E-state index contributed by atoms with van der Waals surface area (Å²) in [6.45, 7) is 6.12. The smallest absolute Gasteiger partial charge is 0.234 e. The number of aliphatic imine (C=N–C) groups is 1. The van der Waals surface area contributed by atoms with Crippen LogP contribution in [0.3, 0.4) is 0 Å². The molecule has 0 radical (unpaired) electrons. The first-order valence-electron chi connectivity index (χ1n) is 6.62. The Hall–Kier alpha value is -0.483. The molecule has 0 atom stereocenters. The third-order valence-electron chi connectivity index (χ3n) is 2.48. The van der Waals surface area contributed by atoms with E-state index in [-0.39, 0.29) is 15.4 Å². The van der Waals surface area contributed by atoms with Crippen molar-refractivity contribution in [1.82, 2.24) is 0 Å². The van der Waals surface area contributed by atoms with Crippen LogP contribution in [0, 0.1) is 0 Å². The minimum Gasteiger partial charge on any atom is -0.357 e. The van der Waals surface area contributed by atoms with Crippen molar-refractivity contribution in [3.63, 3.8) is 0 Å². The van der Waals surface area contributed by atoms with Crippen molar-refractivity contribution >= 4 is 15.6 Å². The van der Waals surface area contributed by atoms with Gasteiger partial charge in [0.05, 0.1) is 16.1 Å². The Labute approximate surface area is 107 Å². The Morgan fingerprint density at radius 2 is 1.76 bits per heavy atom. The van der Waals surface area contributed by atoms with Crippen molar-refractivity contribution in [3.8, 4) is 0 Å². The van der Waals surface area contributed by atoms with Crippen LogP contribution in [0.4, 0.5) is 0 Å². The van der Waals surface area contributed by atoms with Gasteiger partial charge in [0.1, 0.15) is 5.91 Å². The summed E-state index contributed by atoms with van der Waals surface area (Å²) in [7, 11) is -0.271. The van der Waals surface area contributed by atoms with Crippen LogP contribution in [0.1, 0.15) is 39.5 Å². The van der Waals surface area contributed by atoms with Crippen molar-refractivity contribution in [1.29, 1.82) is 0 Å². The predicted molar refractivity (Wildman–Crippen MR) is 71.8 cm³/mol. The molecular weight excluding hydrogens is 234 g/mol. The molecule has 0 rings (SSSR count). The average Bonchev–Trinajstić information content (AvgIpc) is 2.33. The number of carbonyl (C=O) groups excluding carboxylic acids is 1. The van der Waals surface area contributed by atoms with Crippen LogP contribution in [-0.4, -0.2) is 41.3 Å². The monoisotopic (exact) mass is 259 g/mol. The number of hydrogen-bond donors (Lipinski definition) is 0. The van der Waals surface area contributed by atoms with Gasteiger partial charge < -0.3 is 9.47 Å². The molecule has 0 saturated carbocycles. The molecular formula is C12H25NO3Si. The van der Waals surface area contributed by atoms with Gasteiger partial charge >= 0.3 is 0 Å². The normalized spacial score (nSPS) is 11.2. The van der Waals surface area contributed by atoms with Crippen LogP contribution in [0.25, 0.3) is 0 Å². The summed E-state index contributed by atoms with van der Waals surface area (Å²) in [5.41, 5.74) is 0. The highest BCUT2D eigenvalue weighted by atomic mass is 28.2. The van der Waals surface area contributed by atoms with Gasteiger partial charge in [-0.1, -0.05) is 25.3 Å². The molecule has 5 heteroatoms. The molecule has 0 unspecified atom stereocenters. The lowest BCUT2D eigenvalue weighted by atomic mass is 10.2.